The third kappa shape index (κ3) is 1.10. The first-order chi connectivity index (χ1) is 6.86. The van der Waals surface area contributed by atoms with E-state index in [0.717, 1.165) is 17.5 Å². The molecule has 74 valence electrons. The van der Waals surface area contributed by atoms with Crippen LogP contribution in [-0.4, -0.2) is 17.8 Å². The highest BCUT2D eigenvalue weighted by atomic mass is 16.7. The van der Waals surface area contributed by atoms with Gasteiger partial charge in [-0.25, -0.2) is 0 Å². The average molecular weight is 192 g/mol. The molecular weight excluding hydrogens is 180 g/mol. The number of hydrogen-bond acceptors (Lipinski definition) is 3. The van der Waals surface area contributed by atoms with E-state index in [4.69, 9.17) is 9.47 Å². The second kappa shape index (κ2) is 3.05. The molecule has 1 aromatic carbocycles. The maximum Gasteiger partial charge on any atom is 0.184 e. The first-order valence-corrected chi connectivity index (χ1v) is 4.90. The molecule has 3 heteroatoms. The summed E-state index contributed by atoms with van der Waals surface area (Å²) in [4.78, 5) is 0. The Morgan fingerprint density at radius 1 is 1.21 bits per heavy atom. The molecular formula is C11H12O3. The van der Waals surface area contributed by atoms with Crippen LogP contribution in [0.1, 0.15) is 29.9 Å². The zero-order valence-corrected chi connectivity index (χ0v) is 7.72. The number of fused-ring (bicyclic) bond motifs is 4. The fourth-order valence-electron chi connectivity index (χ4n) is 2.15. The van der Waals surface area contributed by atoms with E-state index >= 15 is 0 Å². The summed E-state index contributed by atoms with van der Waals surface area (Å²) in [5.41, 5.74) is 1.92. The largest absolute Gasteiger partial charge is 0.386 e. The molecule has 0 amide bonds. The molecule has 2 bridgehead atoms. The van der Waals surface area contributed by atoms with Gasteiger partial charge < -0.3 is 14.6 Å². The summed E-state index contributed by atoms with van der Waals surface area (Å²) < 4.78 is 11.1. The Kier molecular flexibility index (Phi) is 1.83. The van der Waals surface area contributed by atoms with E-state index in [0.29, 0.717) is 6.61 Å². The van der Waals surface area contributed by atoms with Crippen molar-refractivity contribution in [3.05, 3.63) is 35.4 Å². The molecule has 2 heterocycles. The maximum absolute atomic E-state index is 9.99. The zero-order valence-electron chi connectivity index (χ0n) is 7.72. The van der Waals surface area contributed by atoms with Crippen molar-refractivity contribution >= 4 is 0 Å². The fraction of sp³-hybridized carbons (Fsp3) is 0.455. The van der Waals surface area contributed by atoms with E-state index in [2.05, 4.69) is 0 Å². The van der Waals surface area contributed by atoms with Gasteiger partial charge in [0, 0.05) is 12.0 Å². The number of benzene rings is 1. The molecule has 0 aliphatic carbocycles. The highest BCUT2D eigenvalue weighted by Gasteiger charge is 2.37. The first-order valence-electron chi connectivity index (χ1n) is 4.90. The van der Waals surface area contributed by atoms with Gasteiger partial charge in [-0.15, -0.1) is 0 Å². The molecule has 1 N–H and O–H groups in total. The van der Waals surface area contributed by atoms with Crippen LogP contribution < -0.4 is 0 Å². The number of aliphatic hydroxyl groups excluding tert-OH is 1. The lowest BCUT2D eigenvalue weighted by atomic mass is 9.93. The summed E-state index contributed by atoms with van der Waals surface area (Å²) in [7, 11) is 0. The number of hydrogen-bond donors (Lipinski definition) is 1. The molecule has 0 aromatic heterocycles. The van der Waals surface area contributed by atoms with Crippen molar-refractivity contribution in [3.63, 3.8) is 0 Å². The highest BCUT2D eigenvalue weighted by molar-refractivity contribution is 5.33. The minimum Gasteiger partial charge on any atom is -0.386 e. The molecule has 3 nitrogen and oxygen atoms in total. The van der Waals surface area contributed by atoms with Crippen LogP contribution in [0.5, 0.6) is 0 Å². The van der Waals surface area contributed by atoms with E-state index < -0.39 is 6.10 Å². The van der Waals surface area contributed by atoms with Crippen LogP contribution in [-0.2, 0) is 9.47 Å². The SMILES string of the molecule is O[C@@H]1c2ccccc2[C@@H]2OCC[C@H]1O2. The van der Waals surface area contributed by atoms with Gasteiger partial charge in [-0.1, -0.05) is 24.3 Å². The number of ether oxygens (including phenoxy) is 2. The molecule has 0 unspecified atom stereocenters. The Labute approximate surface area is 82.3 Å². The summed E-state index contributed by atoms with van der Waals surface area (Å²) in [6, 6.07) is 7.76. The number of aliphatic hydroxyl groups is 1. The lowest BCUT2D eigenvalue weighted by molar-refractivity contribution is -0.250. The van der Waals surface area contributed by atoms with E-state index in [9.17, 15) is 5.11 Å². The maximum atomic E-state index is 9.99. The number of rotatable bonds is 0. The molecule has 1 fully saturated rings. The van der Waals surface area contributed by atoms with Crippen LogP contribution in [0.15, 0.2) is 24.3 Å². The Balaban J connectivity index is 2.11. The molecule has 3 atom stereocenters. The van der Waals surface area contributed by atoms with Crippen molar-refractivity contribution in [1.29, 1.82) is 0 Å². The lowest BCUT2D eigenvalue weighted by Crippen LogP contribution is -2.37. The van der Waals surface area contributed by atoms with Crippen molar-refractivity contribution in [2.24, 2.45) is 0 Å². The molecule has 1 aromatic rings. The van der Waals surface area contributed by atoms with Crippen LogP contribution in [0.3, 0.4) is 0 Å². The lowest BCUT2D eigenvalue weighted by Gasteiger charge is -2.39. The molecule has 1 saturated heterocycles. The molecule has 0 saturated carbocycles. The Hall–Kier alpha value is -0.900. The van der Waals surface area contributed by atoms with E-state index in [-0.39, 0.29) is 12.4 Å². The molecule has 14 heavy (non-hydrogen) atoms. The minimum atomic E-state index is -0.494. The normalized spacial score (nSPS) is 35.1. The summed E-state index contributed by atoms with van der Waals surface area (Å²) in [5, 5.41) is 9.99. The van der Waals surface area contributed by atoms with Gasteiger partial charge in [0.25, 0.3) is 0 Å². The van der Waals surface area contributed by atoms with Gasteiger partial charge in [-0.2, -0.15) is 0 Å². The summed E-state index contributed by atoms with van der Waals surface area (Å²) in [6.07, 6.45) is -0.0882. The molecule has 3 rings (SSSR count). The molecule has 0 radical (unpaired) electrons. The Bertz CT molecular complexity index is 329. The second-order valence-electron chi connectivity index (χ2n) is 3.74. The summed E-state index contributed by atoms with van der Waals surface area (Å²) in [5.74, 6) is 0. The van der Waals surface area contributed by atoms with Crippen molar-refractivity contribution in [1.82, 2.24) is 0 Å². The monoisotopic (exact) mass is 192 g/mol. The van der Waals surface area contributed by atoms with Gasteiger partial charge in [0.2, 0.25) is 0 Å². The van der Waals surface area contributed by atoms with Crippen molar-refractivity contribution in [2.75, 3.05) is 6.61 Å². The summed E-state index contributed by atoms with van der Waals surface area (Å²) in [6.45, 7) is 0.667. The van der Waals surface area contributed by atoms with Crippen molar-refractivity contribution in [3.8, 4) is 0 Å². The van der Waals surface area contributed by atoms with Gasteiger partial charge in [0.05, 0.1) is 12.7 Å². The quantitative estimate of drug-likeness (QED) is 0.677. The fourth-order valence-corrected chi connectivity index (χ4v) is 2.15. The average Bonchev–Trinajstić information content (AvgIpc) is 2.27. The molecule has 2 aliphatic rings. The predicted molar refractivity (Wildman–Crippen MR) is 49.6 cm³/mol. The standard InChI is InChI=1S/C11H12O3/c12-10-7-3-1-2-4-8(7)11-13-6-5-9(10)14-11/h1-4,9-12H,5-6H2/t9-,10-,11-/m1/s1. The van der Waals surface area contributed by atoms with Gasteiger partial charge in [0.15, 0.2) is 6.29 Å². The van der Waals surface area contributed by atoms with E-state index in [1.165, 1.54) is 0 Å². The van der Waals surface area contributed by atoms with E-state index in [1.54, 1.807) is 0 Å². The van der Waals surface area contributed by atoms with Gasteiger partial charge in [0.1, 0.15) is 6.10 Å². The molecule has 0 spiro atoms. The van der Waals surface area contributed by atoms with Crippen LogP contribution >= 0.6 is 0 Å². The first kappa shape index (κ1) is 8.41. The van der Waals surface area contributed by atoms with Gasteiger partial charge in [-0.05, 0) is 5.56 Å². The van der Waals surface area contributed by atoms with Crippen LogP contribution in [0.25, 0.3) is 0 Å². The van der Waals surface area contributed by atoms with E-state index in [1.807, 2.05) is 24.3 Å². The topological polar surface area (TPSA) is 38.7 Å². The van der Waals surface area contributed by atoms with Crippen LogP contribution in [0.4, 0.5) is 0 Å². The third-order valence-corrected chi connectivity index (χ3v) is 2.89. The molecule has 2 aliphatic heterocycles. The Morgan fingerprint density at radius 3 is 2.86 bits per heavy atom. The summed E-state index contributed by atoms with van der Waals surface area (Å²) >= 11 is 0. The predicted octanol–water partition coefficient (Wildman–Crippen LogP) is 1.54. The van der Waals surface area contributed by atoms with Crippen molar-refractivity contribution < 1.29 is 14.6 Å². The zero-order chi connectivity index (χ0) is 9.54. The highest BCUT2D eigenvalue weighted by Crippen LogP contribution is 2.40. The van der Waals surface area contributed by atoms with Crippen LogP contribution in [0, 0.1) is 0 Å². The minimum absolute atomic E-state index is 0.0938. The second-order valence-corrected chi connectivity index (χ2v) is 3.74. The van der Waals surface area contributed by atoms with Crippen molar-refractivity contribution in [2.45, 2.75) is 24.9 Å². The third-order valence-electron chi connectivity index (χ3n) is 2.89. The smallest absolute Gasteiger partial charge is 0.184 e. The van der Waals surface area contributed by atoms with Crippen LogP contribution in [0.2, 0.25) is 0 Å². The Morgan fingerprint density at radius 2 is 2.00 bits per heavy atom. The van der Waals surface area contributed by atoms with Gasteiger partial charge in [-0.3, -0.25) is 0 Å². The van der Waals surface area contributed by atoms with Gasteiger partial charge >= 0.3 is 0 Å².